The Balaban J connectivity index is 1.92. The van der Waals surface area contributed by atoms with Gasteiger partial charge >= 0.3 is 0 Å². The minimum Gasteiger partial charge on any atom is -0.387 e. The zero-order chi connectivity index (χ0) is 12.3. The van der Waals surface area contributed by atoms with E-state index in [9.17, 15) is 5.11 Å². The van der Waals surface area contributed by atoms with Gasteiger partial charge in [-0.2, -0.15) is 0 Å². The van der Waals surface area contributed by atoms with Gasteiger partial charge in [0.25, 0.3) is 0 Å². The van der Waals surface area contributed by atoms with Crippen LogP contribution in [0.3, 0.4) is 0 Å². The van der Waals surface area contributed by atoms with Crippen molar-refractivity contribution in [3.8, 4) is 0 Å². The third kappa shape index (κ3) is 3.55. The van der Waals surface area contributed by atoms with Crippen LogP contribution in [0.4, 0.5) is 0 Å². The lowest BCUT2D eigenvalue weighted by Gasteiger charge is -2.36. The van der Waals surface area contributed by atoms with Crippen LogP contribution >= 0.6 is 0 Å². The fourth-order valence-electron chi connectivity index (χ4n) is 2.97. The summed E-state index contributed by atoms with van der Waals surface area (Å²) < 4.78 is 0. The van der Waals surface area contributed by atoms with Crippen LogP contribution in [0, 0.1) is 11.8 Å². The highest BCUT2D eigenvalue weighted by Gasteiger charge is 2.23. The normalized spacial score (nSPS) is 27.9. The molecule has 2 nitrogen and oxygen atoms in total. The summed E-state index contributed by atoms with van der Waals surface area (Å²) in [6.07, 6.45) is 0.964. The fraction of sp³-hybridized carbons (Fsp3) is 0.600. The summed E-state index contributed by atoms with van der Waals surface area (Å²) in [7, 11) is 0. The predicted molar refractivity (Wildman–Crippen MR) is 70.8 cm³/mol. The van der Waals surface area contributed by atoms with Crippen molar-refractivity contribution in [2.45, 2.75) is 26.4 Å². The van der Waals surface area contributed by atoms with E-state index in [1.807, 2.05) is 30.3 Å². The first-order valence-corrected chi connectivity index (χ1v) is 6.60. The van der Waals surface area contributed by atoms with Crippen LogP contribution < -0.4 is 0 Å². The van der Waals surface area contributed by atoms with E-state index in [-0.39, 0.29) is 6.10 Å². The van der Waals surface area contributed by atoms with E-state index in [1.54, 1.807) is 0 Å². The maximum atomic E-state index is 10.2. The molecule has 1 N–H and O–H groups in total. The first-order chi connectivity index (χ1) is 8.15. The number of aliphatic hydroxyl groups excluding tert-OH is 1. The molecule has 3 atom stereocenters. The average molecular weight is 233 g/mol. The zero-order valence-corrected chi connectivity index (χ0v) is 10.8. The number of nitrogens with zero attached hydrogens (tertiary/aromatic N) is 1. The van der Waals surface area contributed by atoms with Crippen LogP contribution in [-0.4, -0.2) is 29.6 Å². The molecular formula is C15H23NO. The molecule has 0 saturated carbocycles. The van der Waals surface area contributed by atoms with E-state index < -0.39 is 0 Å². The van der Waals surface area contributed by atoms with Crippen molar-refractivity contribution in [3.05, 3.63) is 35.9 Å². The molecule has 0 unspecified atom stereocenters. The topological polar surface area (TPSA) is 23.5 Å². The molecule has 2 heteroatoms. The second-order valence-corrected chi connectivity index (χ2v) is 5.59. The summed E-state index contributed by atoms with van der Waals surface area (Å²) in [5.74, 6) is 1.50. The lowest BCUT2D eigenvalue weighted by Crippen LogP contribution is -2.40. The molecular weight excluding hydrogens is 210 g/mol. The number of aliphatic hydroxyl groups is 1. The zero-order valence-electron chi connectivity index (χ0n) is 10.8. The molecule has 2 rings (SSSR count). The summed E-state index contributed by atoms with van der Waals surface area (Å²) in [6, 6.07) is 9.96. The van der Waals surface area contributed by atoms with Crippen LogP contribution in [0.1, 0.15) is 31.9 Å². The summed E-state index contributed by atoms with van der Waals surface area (Å²) in [5.41, 5.74) is 1.03. The minimum atomic E-state index is -0.353. The van der Waals surface area contributed by atoms with Gasteiger partial charge in [-0.1, -0.05) is 44.2 Å². The van der Waals surface area contributed by atoms with Crippen LogP contribution in [0.5, 0.6) is 0 Å². The second kappa shape index (κ2) is 5.65. The molecule has 1 fully saturated rings. The van der Waals surface area contributed by atoms with Gasteiger partial charge < -0.3 is 5.11 Å². The van der Waals surface area contributed by atoms with Crippen molar-refractivity contribution >= 4 is 0 Å². The van der Waals surface area contributed by atoms with E-state index in [2.05, 4.69) is 18.7 Å². The number of likely N-dealkylation sites (tertiary alicyclic amines) is 1. The molecule has 17 heavy (non-hydrogen) atoms. The molecule has 0 amide bonds. The average Bonchev–Trinajstić information content (AvgIpc) is 2.28. The standard InChI is InChI=1S/C15H23NO/c1-12-8-13(2)10-16(9-12)11-15(17)14-6-4-3-5-7-14/h3-7,12-13,15,17H,8-11H2,1-2H3/t12-,13-,15+/m0/s1. The van der Waals surface area contributed by atoms with Crippen molar-refractivity contribution in [2.24, 2.45) is 11.8 Å². The molecule has 1 heterocycles. The molecule has 1 aromatic carbocycles. The highest BCUT2D eigenvalue weighted by atomic mass is 16.3. The Morgan fingerprint density at radius 3 is 2.35 bits per heavy atom. The van der Waals surface area contributed by atoms with Crippen LogP contribution in [0.2, 0.25) is 0 Å². The molecule has 0 aromatic heterocycles. The Bertz CT molecular complexity index is 328. The predicted octanol–water partition coefficient (Wildman–Crippen LogP) is 2.70. The highest BCUT2D eigenvalue weighted by Crippen LogP contribution is 2.23. The third-order valence-corrected chi connectivity index (χ3v) is 3.56. The maximum Gasteiger partial charge on any atom is 0.0916 e. The van der Waals surface area contributed by atoms with Gasteiger partial charge in [0.2, 0.25) is 0 Å². The molecule has 94 valence electrons. The SMILES string of the molecule is C[C@H]1C[C@H](C)CN(C[C@@H](O)c2ccccc2)C1. The van der Waals surface area contributed by atoms with E-state index in [1.165, 1.54) is 6.42 Å². The number of benzene rings is 1. The van der Waals surface area contributed by atoms with Crippen LogP contribution in [0.25, 0.3) is 0 Å². The third-order valence-electron chi connectivity index (χ3n) is 3.56. The lowest BCUT2D eigenvalue weighted by atomic mass is 9.91. The molecule has 1 aliphatic rings. The first-order valence-electron chi connectivity index (χ1n) is 6.60. The molecule has 0 aliphatic carbocycles. The van der Waals surface area contributed by atoms with E-state index >= 15 is 0 Å². The first kappa shape index (κ1) is 12.6. The number of hydrogen-bond acceptors (Lipinski definition) is 2. The number of β-amino-alcohol motifs (C(OH)–C–C–N with tert-alkyl or cyclic N) is 1. The molecule has 0 bridgehead atoms. The van der Waals surface area contributed by atoms with Gasteiger partial charge in [0.15, 0.2) is 0 Å². The Kier molecular flexibility index (Phi) is 4.19. The van der Waals surface area contributed by atoms with Crippen molar-refractivity contribution in [1.29, 1.82) is 0 Å². The summed E-state index contributed by atoms with van der Waals surface area (Å²) >= 11 is 0. The van der Waals surface area contributed by atoms with Crippen molar-refractivity contribution in [1.82, 2.24) is 4.90 Å². The molecule has 0 radical (unpaired) electrons. The van der Waals surface area contributed by atoms with Gasteiger partial charge in [0.1, 0.15) is 0 Å². The molecule has 1 saturated heterocycles. The van der Waals surface area contributed by atoms with Gasteiger partial charge in [-0.15, -0.1) is 0 Å². The van der Waals surface area contributed by atoms with Gasteiger partial charge in [0, 0.05) is 19.6 Å². The number of piperidine rings is 1. The van der Waals surface area contributed by atoms with Crippen molar-refractivity contribution < 1.29 is 5.11 Å². The monoisotopic (exact) mass is 233 g/mol. The number of hydrogen-bond donors (Lipinski definition) is 1. The quantitative estimate of drug-likeness (QED) is 0.867. The Morgan fingerprint density at radius 1 is 1.18 bits per heavy atom. The Morgan fingerprint density at radius 2 is 1.76 bits per heavy atom. The van der Waals surface area contributed by atoms with E-state index in [0.29, 0.717) is 0 Å². The minimum absolute atomic E-state index is 0.353. The Hall–Kier alpha value is -0.860. The lowest BCUT2D eigenvalue weighted by molar-refractivity contribution is 0.0699. The van der Waals surface area contributed by atoms with Gasteiger partial charge in [0.05, 0.1) is 6.10 Å². The molecule has 1 aromatic rings. The highest BCUT2D eigenvalue weighted by molar-refractivity contribution is 5.17. The smallest absolute Gasteiger partial charge is 0.0916 e. The van der Waals surface area contributed by atoms with Crippen LogP contribution in [-0.2, 0) is 0 Å². The van der Waals surface area contributed by atoms with Gasteiger partial charge in [-0.25, -0.2) is 0 Å². The maximum absolute atomic E-state index is 10.2. The van der Waals surface area contributed by atoms with E-state index in [4.69, 9.17) is 0 Å². The summed E-state index contributed by atoms with van der Waals surface area (Å²) in [5, 5.41) is 10.2. The van der Waals surface area contributed by atoms with Crippen molar-refractivity contribution in [3.63, 3.8) is 0 Å². The van der Waals surface area contributed by atoms with Crippen molar-refractivity contribution in [2.75, 3.05) is 19.6 Å². The van der Waals surface area contributed by atoms with Gasteiger partial charge in [-0.3, -0.25) is 4.90 Å². The fourth-order valence-corrected chi connectivity index (χ4v) is 2.97. The van der Waals surface area contributed by atoms with E-state index in [0.717, 1.165) is 37.0 Å². The molecule has 0 spiro atoms. The number of rotatable bonds is 3. The largest absolute Gasteiger partial charge is 0.387 e. The summed E-state index contributed by atoms with van der Waals surface area (Å²) in [6.45, 7) is 7.61. The Labute approximate surface area is 104 Å². The van der Waals surface area contributed by atoms with Crippen LogP contribution in [0.15, 0.2) is 30.3 Å². The second-order valence-electron chi connectivity index (χ2n) is 5.59. The summed E-state index contributed by atoms with van der Waals surface area (Å²) in [4.78, 5) is 2.40. The van der Waals surface area contributed by atoms with Gasteiger partial charge in [-0.05, 0) is 23.8 Å². The molecule has 1 aliphatic heterocycles.